The third-order valence-electron chi connectivity index (χ3n) is 2.02. The van der Waals surface area contributed by atoms with Crippen molar-refractivity contribution in [2.75, 3.05) is 26.7 Å². The first-order chi connectivity index (χ1) is 7.74. The Bertz CT molecular complexity index is 258. The molecule has 0 bridgehead atoms. The number of ketones is 1. The summed E-state index contributed by atoms with van der Waals surface area (Å²) < 4.78 is 4.73. The number of Topliss-reactive ketones (excluding diaryl/α,β-unsaturated/α-hetero) is 1. The van der Waals surface area contributed by atoms with E-state index in [1.807, 2.05) is 0 Å². The number of carbonyl (C=O) groups excluding carboxylic acids is 2. The Balaban J connectivity index is 3.82. The van der Waals surface area contributed by atoms with Gasteiger partial charge >= 0.3 is 5.97 Å². The minimum Gasteiger partial charge on any atom is -0.466 e. The van der Waals surface area contributed by atoms with Crippen molar-refractivity contribution in [3.05, 3.63) is 0 Å². The topological polar surface area (TPSA) is 66.8 Å². The first-order valence-corrected chi connectivity index (χ1v) is 5.83. The molecule has 100 valence electrons. The lowest BCUT2D eigenvalue weighted by Crippen LogP contribution is -2.38. The summed E-state index contributed by atoms with van der Waals surface area (Å²) in [5.74, 6) is -0.365. The van der Waals surface area contributed by atoms with E-state index in [0.717, 1.165) is 0 Å². The molecule has 0 aromatic carbocycles. The van der Waals surface area contributed by atoms with E-state index in [2.05, 4.69) is 0 Å². The molecule has 17 heavy (non-hydrogen) atoms. The maximum Gasteiger partial charge on any atom is 0.306 e. The van der Waals surface area contributed by atoms with Crippen LogP contribution in [-0.2, 0) is 14.3 Å². The van der Waals surface area contributed by atoms with Crippen LogP contribution in [0.1, 0.15) is 33.6 Å². The van der Waals surface area contributed by atoms with Crippen molar-refractivity contribution < 1.29 is 19.4 Å². The lowest BCUT2D eigenvalue weighted by molar-refractivity contribution is -0.144. The monoisotopic (exact) mass is 245 g/mol. The highest BCUT2D eigenvalue weighted by molar-refractivity contribution is 5.84. The molecule has 0 amide bonds. The molecule has 0 aliphatic carbocycles. The van der Waals surface area contributed by atoms with Crippen LogP contribution in [0, 0.1) is 0 Å². The van der Waals surface area contributed by atoms with Crippen LogP contribution in [0.15, 0.2) is 0 Å². The molecule has 0 saturated carbocycles. The van der Waals surface area contributed by atoms with Gasteiger partial charge in [0.2, 0.25) is 0 Å². The second-order valence-electron chi connectivity index (χ2n) is 4.83. The number of esters is 1. The highest BCUT2D eigenvalue weighted by Crippen LogP contribution is 2.04. The first-order valence-electron chi connectivity index (χ1n) is 5.83. The summed E-state index contributed by atoms with van der Waals surface area (Å²) in [6.07, 6.45) is 0.318. The summed E-state index contributed by atoms with van der Waals surface area (Å²) in [4.78, 5) is 24.3. The van der Waals surface area contributed by atoms with Gasteiger partial charge in [-0.25, -0.2) is 0 Å². The van der Waals surface area contributed by atoms with Gasteiger partial charge in [-0.3, -0.25) is 14.5 Å². The fraction of sp³-hybridized carbons (Fsp3) is 0.833. The summed E-state index contributed by atoms with van der Waals surface area (Å²) in [5.41, 5.74) is -0.823. The van der Waals surface area contributed by atoms with Gasteiger partial charge in [0.05, 0.1) is 25.2 Å². The van der Waals surface area contributed by atoms with Gasteiger partial charge in [-0.2, -0.15) is 0 Å². The fourth-order valence-electron chi connectivity index (χ4n) is 1.57. The zero-order valence-electron chi connectivity index (χ0n) is 11.2. The average Bonchev–Trinajstić information content (AvgIpc) is 2.12. The van der Waals surface area contributed by atoms with Crippen molar-refractivity contribution in [3.8, 4) is 0 Å². The molecular formula is C12H23NO4. The van der Waals surface area contributed by atoms with E-state index >= 15 is 0 Å². The van der Waals surface area contributed by atoms with Crippen LogP contribution >= 0.6 is 0 Å². The third kappa shape index (κ3) is 9.96. The number of aliphatic hydroxyl groups is 1. The number of nitrogens with zero attached hydrogens (tertiary/aromatic N) is 1. The Labute approximate surface area is 103 Å². The fourth-order valence-corrected chi connectivity index (χ4v) is 1.57. The maximum atomic E-state index is 11.5. The van der Waals surface area contributed by atoms with Gasteiger partial charge < -0.3 is 9.84 Å². The van der Waals surface area contributed by atoms with E-state index in [4.69, 9.17) is 4.74 Å². The maximum absolute atomic E-state index is 11.5. The van der Waals surface area contributed by atoms with E-state index < -0.39 is 5.60 Å². The van der Waals surface area contributed by atoms with Crippen LogP contribution in [0.4, 0.5) is 0 Å². The second-order valence-corrected chi connectivity index (χ2v) is 4.83. The molecular weight excluding hydrogens is 222 g/mol. The Hall–Kier alpha value is -0.940. The summed E-state index contributed by atoms with van der Waals surface area (Å²) in [7, 11) is 1.76. The van der Waals surface area contributed by atoms with Gasteiger partial charge in [0.15, 0.2) is 0 Å². The molecule has 0 aromatic rings. The number of hydrogen-bond donors (Lipinski definition) is 1. The van der Waals surface area contributed by atoms with Gasteiger partial charge in [0.25, 0.3) is 0 Å². The number of ether oxygens (including phenoxy) is 1. The lowest BCUT2D eigenvalue weighted by atomic mass is 10.1. The lowest BCUT2D eigenvalue weighted by Gasteiger charge is -2.24. The SMILES string of the molecule is CCOC(=O)CCC(=O)CN(C)CC(C)(C)O. The minimum atomic E-state index is -0.823. The van der Waals surface area contributed by atoms with E-state index in [9.17, 15) is 14.7 Å². The van der Waals surface area contributed by atoms with Crippen molar-refractivity contribution in [1.29, 1.82) is 0 Å². The average molecular weight is 245 g/mol. The molecule has 0 saturated heterocycles. The number of likely N-dealkylation sites (N-methyl/N-ethyl adjacent to an activating group) is 1. The van der Waals surface area contributed by atoms with Crippen molar-refractivity contribution in [2.45, 2.75) is 39.2 Å². The largest absolute Gasteiger partial charge is 0.466 e. The number of hydrogen-bond acceptors (Lipinski definition) is 5. The summed E-state index contributed by atoms with van der Waals surface area (Å²) in [6, 6.07) is 0. The Morgan fingerprint density at radius 1 is 1.29 bits per heavy atom. The van der Waals surface area contributed by atoms with Crippen LogP contribution in [0.3, 0.4) is 0 Å². The highest BCUT2D eigenvalue weighted by Gasteiger charge is 2.17. The molecule has 0 radical (unpaired) electrons. The third-order valence-corrected chi connectivity index (χ3v) is 2.02. The Morgan fingerprint density at radius 3 is 2.35 bits per heavy atom. The van der Waals surface area contributed by atoms with Crippen LogP contribution < -0.4 is 0 Å². The molecule has 0 aliphatic rings. The molecule has 0 heterocycles. The molecule has 0 unspecified atom stereocenters. The summed E-state index contributed by atoms with van der Waals surface area (Å²) in [5, 5.41) is 9.56. The smallest absolute Gasteiger partial charge is 0.306 e. The zero-order chi connectivity index (χ0) is 13.5. The standard InChI is InChI=1S/C12H23NO4/c1-5-17-11(15)7-6-10(14)8-13(4)9-12(2,3)16/h16H,5-9H2,1-4H3. The molecule has 0 aliphatic heterocycles. The van der Waals surface area contributed by atoms with Crippen molar-refractivity contribution >= 4 is 11.8 Å². The quantitative estimate of drug-likeness (QED) is 0.634. The summed E-state index contributed by atoms with van der Waals surface area (Å²) >= 11 is 0. The minimum absolute atomic E-state index is 0.0233. The first kappa shape index (κ1) is 16.1. The molecule has 0 rings (SSSR count). The van der Waals surface area contributed by atoms with Crippen LogP contribution in [0.2, 0.25) is 0 Å². The summed E-state index contributed by atoms with van der Waals surface area (Å²) in [6.45, 7) is 6.10. The molecule has 0 fully saturated rings. The highest BCUT2D eigenvalue weighted by atomic mass is 16.5. The number of rotatable bonds is 8. The predicted molar refractivity (Wildman–Crippen MR) is 64.7 cm³/mol. The van der Waals surface area contributed by atoms with Crippen molar-refractivity contribution in [2.24, 2.45) is 0 Å². The van der Waals surface area contributed by atoms with Crippen LogP contribution in [0.25, 0.3) is 0 Å². The normalized spacial score (nSPS) is 11.6. The predicted octanol–water partition coefficient (Wildman–Crippen LogP) is 0.601. The van der Waals surface area contributed by atoms with Gasteiger partial charge in [-0.1, -0.05) is 0 Å². The van der Waals surface area contributed by atoms with E-state index in [0.29, 0.717) is 13.2 Å². The second kappa shape index (κ2) is 7.40. The van der Waals surface area contributed by atoms with E-state index in [1.165, 1.54) is 0 Å². The molecule has 0 atom stereocenters. The molecule has 0 spiro atoms. The van der Waals surface area contributed by atoms with Crippen LogP contribution in [-0.4, -0.2) is 54.1 Å². The van der Waals surface area contributed by atoms with Gasteiger partial charge in [0, 0.05) is 13.0 Å². The molecule has 0 aromatic heterocycles. The van der Waals surface area contributed by atoms with Crippen molar-refractivity contribution in [3.63, 3.8) is 0 Å². The zero-order valence-corrected chi connectivity index (χ0v) is 11.2. The van der Waals surface area contributed by atoms with E-state index in [1.54, 1.807) is 32.7 Å². The molecule has 5 heteroatoms. The van der Waals surface area contributed by atoms with Gasteiger partial charge in [0.1, 0.15) is 5.78 Å². The molecule has 1 N–H and O–H groups in total. The molecule has 5 nitrogen and oxygen atoms in total. The Kier molecular flexibility index (Phi) is 6.99. The van der Waals surface area contributed by atoms with Crippen LogP contribution in [0.5, 0.6) is 0 Å². The number of carbonyl (C=O) groups is 2. The van der Waals surface area contributed by atoms with Crippen molar-refractivity contribution in [1.82, 2.24) is 4.90 Å². The van der Waals surface area contributed by atoms with Gasteiger partial charge in [-0.15, -0.1) is 0 Å². The van der Waals surface area contributed by atoms with E-state index in [-0.39, 0.29) is 31.1 Å². The Morgan fingerprint density at radius 2 is 1.88 bits per heavy atom. The van der Waals surface area contributed by atoms with Gasteiger partial charge in [-0.05, 0) is 27.8 Å².